The summed E-state index contributed by atoms with van der Waals surface area (Å²) in [5.74, 6) is -0.0163. The van der Waals surface area contributed by atoms with Gasteiger partial charge in [0.2, 0.25) is 0 Å². The molecule has 0 amide bonds. The van der Waals surface area contributed by atoms with Crippen LogP contribution in [0.1, 0.15) is 0 Å². The van der Waals surface area contributed by atoms with E-state index in [4.69, 9.17) is 16.3 Å². The smallest absolute Gasteiger partial charge is 0.422 e. The first-order valence-electron chi connectivity index (χ1n) is 7.49. The Kier molecular flexibility index (Phi) is 4.78. The number of hydrogen-bond donors (Lipinski definition) is 1. The van der Waals surface area contributed by atoms with Crippen LogP contribution in [0.25, 0.3) is 16.6 Å². The lowest BCUT2D eigenvalue weighted by Gasteiger charge is -2.17. The topological polar surface area (TPSA) is 56.2 Å². The minimum absolute atomic E-state index is 0.103. The van der Waals surface area contributed by atoms with Crippen LogP contribution >= 0.6 is 11.6 Å². The number of halogens is 4. The summed E-state index contributed by atoms with van der Waals surface area (Å²) in [6.45, 7) is -1.49. The average molecular weight is 384 g/mol. The van der Waals surface area contributed by atoms with Gasteiger partial charge in [0.05, 0.1) is 16.6 Å². The highest BCUT2D eigenvalue weighted by Gasteiger charge is 2.29. The van der Waals surface area contributed by atoms with Crippen molar-refractivity contribution in [2.75, 3.05) is 19.0 Å². The maximum Gasteiger partial charge on any atom is 0.422 e. The summed E-state index contributed by atoms with van der Waals surface area (Å²) in [7, 11) is 1.51. The number of aromatic nitrogens is 2. The van der Waals surface area contributed by atoms with Crippen molar-refractivity contribution in [1.82, 2.24) is 9.55 Å². The predicted octanol–water partition coefficient (Wildman–Crippen LogP) is 4.02. The van der Waals surface area contributed by atoms with Crippen molar-refractivity contribution >= 4 is 28.3 Å². The van der Waals surface area contributed by atoms with Gasteiger partial charge in [-0.1, -0.05) is 29.8 Å². The third kappa shape index (κ3) is 3.60. The molecule has 5 nitrogen and oxygen atoms in total. The highest BCUT2D eigenvalue weighted by molar-refractivity contribution is 6.31. The number of para-hydroxylation sites is 1. The Morgan fingerprint density at radius 3 is 2.54 bits per heavy atom. The Balaban J connectivity index is 2.32. The number of nitrogens with zero attached hydrogens (tertiary/aromatic N) is 2. The fourth-order valence-corrected chi connectivity index (χ4v) is 2.77. The first-order chi connectivity index (χ1) is 12.3. The molecule has 1 N–H and O–H groups in total. The third-order valence-corrected chi connectivity index (χ3v) is 3.78. The molecular weight excluding hydrogens is 371 g/mol. The van der Waals surface area contributed by atoms with Crippen LogP contribution < -0.4 is 15.7 Å². The molecule has 0 aliphatic carbocycles. The largest absolute Gasteiger partial charge is 0.483 e. The maximum absolute atomic E-state index is 12.6. The first-order valence-corrected chi connectivity index (χ1v) is 7.87. The van der Waals surface area contributed by atoms with Crippen LogP contribution in [-0.4, -0.2) is 29.4 Å². The summed E-state index contributed by atoms with van der Waals surface area (Å²) in [6, 6.07) is 11.3. The van der Waals surface area contributed by atoms with E-state index in [2.05, 4.69) is 10.3 Å². The molecule has 2 aromatic carbocycles. The molecule has 1 heterocycles. The molecule has 0 saturated heterocycles. The van der Waals surface area contributed by atoms with E-state index >= 15 is 0 Å². The predicted molar refractivity (Wildman–Crippen MR) is 93.4 cm³/mol. The standard InChI is InChI=1S/C17H13ClF3N3O2/c1-22-15-14-12(7-10(18)8-13(14)26-9-17(19,20)21)24(16(25)23-15)11-5-3-2-4-6-11/h2-8H,9H2,1H3,(H,22,23,25). The van der Waals surface area contributed by atoms with Crippen molar-refractivity contribution in [3.8, 4) is 11.4 Å². The normalized spacial score (nSPS) is 11.6. The minimum Gasteiger partial charge on any atom is -0.483 e. The lowest BCUT2D eigenvalue weighted by atomic mass is 10.2. The summed E-state index contributed by atoms with van der Waals surface area (Å²) in [6.07, 6.45) is -4.52. The monoisotopic (exact) mass is 383 g/mol. The Morgan fingerprint density at radius 1 is 1.23 bits per heavy atom. The molecule has 0 atom stereocenters. The average Bonchev–Trinajstić information content (AvgIpc) is 2.58. The van der Waals surface area contributed by atoms with Crippen molar-refractivity contribution in [3.05, 3.63) is 58.0 Å². The van der Waals surface area contributed by atoms with Crippen LogP contribution in [-0.2, 0) is 0 Å². The fraction of sp³-hybridized carbons (Fsp3) is 0.176. The number of benzene rings is 2. The number of rotatable bonds is 4. The van der Waals surface area contributed by atoms with Crippen LogP contribution in [0.3, 0.4) is 0 Å². The molecule has 0 aliphatic rings. The van der Waals surface area contributed by atoms with Crippen LogP contribution in [0.4, 0.5) is 19.0 Å². The van der Waals surface area contributed by atoms with E-state index < -0.39 is 18.5 Å². The van der Waals surface area contributed by atoms with Gasteiger partial charge < -0.3 is 10.1 Å². The summed E-state index contributed by atoms with van der Waals surface area (Å²) in [5.41, 5.74) is 0.184. The van der Waals surface area contributed by atoms with Gasteiger partial charge in [-0.2, -0.15) is 18.2 Å². The SMILES string of the molecule is CNc1nc(=O)n(-c2ccccc2)c2cc(Cl)cc(OCC(F)(F)F)c12. The van der Waals surface area contributed by atoms with E-state index in [1.54, 1.807) is 30.3 Å². The van der Waals surface area contributed by atoms with Gasteiger partial charge in [-0.15, -0.1) is 0 Å². The van der Waals surface area contributed by atoms with Crippen LogP contribution in [0.15, 0.2) is 47.3 Å². The molecule has 9 heteroatoms. The zero-order valence-corrected chi connectivity index (χ0v) is 14.2. The van der Waals surface area contributed by atoms with E-state index in [-0.39, 0.29) is 27.5 Å². The van der Waals surface area contributed by atoms with Crippen LogP contribution in [0.2, 0.25) is 5.02 Å². The van der Waals surface area contributed by atoms with Gasteiger partial charge in [-0.05, 0) is 24.3 Å². The third-order valence-electron chi connectivity index (χ3n) is 3.57. The molecule has 3 rings (SSSR count). The van der Waals surface area contributed by atoms with Gasteiger partial charge in [-0.3, -0.25) is 4.57 Å². The van der Waals surface area contributed by atoms with Gasteiger partial charge in [0.25, 0.3) is 0 Å². The number of ether oxygens (including phenoxy) is 1. The lowest BCUT2D eigenvalue weighted by molar-refractivity contribution is -0.153. The van der Waals surface area contributed by atoms with E-state index in [9.17, 15) is 18.0 Å². The van der Waals surface area contributed by atoms with Gasteiger partial charge in [0, 0.05) is 12.1 Å². The Morgan fingerprint density at radius 2 is 1.92 bits per heavy atom. The summed E-state index contributed by atoms with van der Waals surface area (Å²) in [5, 5.41) is 3.08. The number of fused-ring (bicyclic) bond motifs is 1. The Labute approximate surface area is 151 Å². The van der Waals surface area contributed by atoms with Crippen molar-refractivity contribution in [1.29, 1.82) is 0 Å². The van der Waals surface area contributed by atoms with E-state index in [1.807, 2.05) is 0 Å². The van der Waals surface area contributed by atoms with Gasteiger partial charge in [-0.25, -0.2) is 4.79 Å². The second-order valence-electron chi connectivity index (χ2n) is 5.37. The van der Waals surface area contributed by atoms with E-state index in [1.165, 1.54) is 23.7 Å². The summed E-state index contributed by atoms with van der Waals surface area (Å²) < 4.78 is 44.0. The van der Waals surface area contributed by atoms with E-state index in [0.29, 0.717) is 5.69 Å². The second kappa shape index (κ2) is 6.87. The number of alkyl halides is 3. The Bertz CT molecular complexity index is 1000. The number of anilines is 1. The molecule has 136 valence electrons. The van der Waals surface area contributed by atoms with Crippen LogP contribution in [0, 0.1) is 0 Å². The molecule has 0 radical (unpaired) electrons. The maximum atomic E-state index is 12.6. The molecule has 1 aromatic heterocycles. The number of nitrogens with one attached hydrogen (secondary N) is 1. The quantitative estimate of drug-likeness (QED) is 0.739. The van der Waals surface area contributed by atoms with Crippen molar-refractivity contribution in [2.45, 2.75) is 6.18 Å². The molecule has 0 unspecified atom stereocenters. The molecule has 0 spiro atoms. The Hall–Kier alpha value is -2.74. The van der Waals surface area contributed by atoms with E-state index in [0.717, 1.165) is 0 Å². The fourth-order valence-electron chi connectivity index (χ4n) is 2.57. The molecule has 0 saturated carbocycles. The summed E-state index contributed by atoms with van der Waals surface area (Å²) >= 11 is 6.06. The first kappa shape index (κ1) is 18.1. The molecule has 26 heavy (non-hydrogen) atoms. The van der Waals surface area contributed by atoms with Crippen molar-refractivity contribution in [3.63, 3.8) is 0 Å². The molecule has 0 bridgehead atoms. The highest BCUT2D eigenvalue weighted by Crippen LogP contribution is 2.35. The molecule has 0 fully saturated rings. The summed E-state index contributed by atoms with van der Waals surface area (Å²) in [4.78, 5) is 16.4. The zero-order valence-electron chi connectivity index (χ0n) is 13.5. The minimum atomic E-state index is -4.52. The molecule has 0 aliphatic heterocycles. The molecule has 3 aromatic rings. The lowest BCUT2D eigenvalue weighted by Crippen LogP contribution is -2.24. The van der Waals surface area contributed by atoms with Gasteiger partial charge >= 0.3 is 11.9 Å². The second-order valence-corrected chi connectivity index (χ2v) is 5.80. The zero-order chi connectivity index (χ0) is 18.9. The number of hydrogen-bond acceptors (Lipinski definition) is 4. The van der Waals surface area contributed by atoms with Crippen molar-refractivity contribution < 1.29 is 17.9 Å². The molecular formula is C17H13ClF3N3O2. The highest BCUT2D eigenvalue weighted by atomic mass is 35.5. The van der Waals surface area contributed by atoms with Gasteiger partial charge in [0.15, 0.2) is 6.61 Å². The van der Waals surface area contributed by atoms with Crippen molar-refractivity contribution in [2.24, 2.45) is 0 Å². The van der Waals surface area contributed by atoms with Crippen LogP contribution in [0.5, 0.6) is 5.75 Å². The van der Waals surface area contributed by atoms with Gasteiger partial charge in [0.1, 0.15) is 11.6 Å².